The molecule has 1 aliphatic rings. The van der Waals surface area contributed by atoms with Crippen molar-refractivity contribution in [2.24, 2.45) is 0 Å². The van der Waals surface area contributed by atoms with Crippen LogP contribution in [0.25, 0.3) is 0 Å². The molecule has 0 radical (unpaired) electrons. The van der Waals surface area contributed by atoms with Gasteiger partial charge in [-0.05, 0) is 18.6 Å². The minimum atomic E-state index is -2.91. The van der Waals surface area contributed by atoms with Crippen molar-refractivity contribution < 1.29 is 18.3 Å². The first kappa shape index (κ1) is 16.8. The summed E-state index contributed by atoms with van der Waals surface area (Å²) in [5.41, 5.74) is 0. The first-order chi connectivity index (χ1) is 9.85. The number of sulfone groups is 1. The Morgan fingerprint density at radius 2 is 2.14 bits per heavy atom. The van der Waals surface area contributed by atoms with E-state index >= 15 is 0 Å². The molecule has 1 aromatic rings. The normalized spacial score (nSPS) is 22.1. The number of rotatable bonds is 6. The van der Waals surface area contributed by atoms with Gasteiger partial charge in [0.25, 0.3) is 0 Å². The van der Waals surface area contributed by atoms with Gasteiger partial charge in [-0.15, -0.1) is 0 Å². The lowest BCUT2D eigenvalue weighted by molar-refractivity contribution is 0.104. The zero-order valence-corrected chi connectivity index (χ0v) is 13.6. The molecule has 2 N–H and O–H groups in total. The van der Waals surface area contributed by atoms with Crippen LogP contribution in [-0.2, 0) is 9.84 Å². The summed E-state index contributed by atoms with van der Waals surface area (Å²) in [7, 11) is -2.91. The number of benzene rings is 1. The smallest absolute Gasteiger partial charge is 0.151 e. The number of nitrogens with one attached hydrogen (secondary N) is 1. The number of aliphatic hydroxyl groups is 1. The summed E-state index contributed by atoms with van der Waals surface area (Å²) in [4.78, 5) is 0. The summed E-state index contributed by atoms with van der Waals surface area (Å²) in [6.07, 6.45) is -0.148. The van der Waals surface area contributed by atoms with Gasteiger partial charge in [-0.3, -0.25) is 0 Å². The first-order valence-corrected chi connectivity index (χ1v) is 9.13. The molecule has 1 saturated heterocycles. The van der Waals surface area contributed by atoms with Gasteiger partial charge >= 0.3 is 0 Å². The molecule has 1 heterocycles. The van der Waals surface area contributed by atoms with Crippen molar-refractivity contribution in [2.75, 3.05) is 24.7 Å². The number of halogens is 2. The Hall–Kier alpha value is -0.530. The largest absolute Gasteiger partial charge is 0.491 e. The molecule has 1 aliphatic heterocycles. The average Bonchev–Trinajstić information content (AvgIpc) is 2.77. The Balaban J connectivity index is 1.72. The molecular formula is C13H17Cl2NO4S. The highest BCUT2D eigenvalue weighted by atomic mass is 35.5. The molecule has 0 aromatic heterocycles. The van der Waals surface area contributed by atoms with E-state index in [4.69, 9.17) is 27.9 Å². The van der Waals surface area contributed by atoms with Crippen LogP contribution in [0.3, 0.4) is 0 Å². The fraction of sp³-hybridized carbons (Fsp3) is 0.538. The predicted octanol–water partition coefficient (Wildman–Crippen LogP) is 1.51. The minimum absolute atomic E-state index is 0.0877. The van der Waals surface area contributed by atoms with Crippen LogP contribution in [-0.4, -0.2) is 50.3 Å². The van der Waals surface area contributed by atoms with Gasteiger partial charge in [-0.25, -0.2) is 8.42 Å². The van der Waals surface area contributed by atoms with E-state index < -0.39 is 15.9 Å². The number of ether oxygens (including phenoxy) is 1. The molecule has 2 rings (SSSR count). The van der Waals surface area contributed by atoms with E-state index in [0.717, 1.165) is 0 Å². The molecule has 0 spiro atoms. The van der Waals surface area contributed by atoms with Crippen molar-refractivity contribution >= 4 is 33.0 Å². The SMILES string of the molecule is O=S1(=O)CCC(NCC(O)COc2ccc(Cl)c(Cl)c2)C1. The third-order valence-electron chi connectivity index (χ3n) is 3.21. The average molecular weight is 354 g/mol. The van der Waals surface area contributed by atoms with Gasteiger partial charge in [0.05, 0.1) is 21.6 Å². The molecule has 2 unspecified atom stereocenters. The van der Waals surface area contributed by atoms with Crippen LogP contribution in [0.4, 0.5) is 0 Å². The summed E-state index contributed by atoms with van der Waals surface area (Å²) in [6, 6.07) is 4.77. The highest BCUT2D eigenvalue weighted by Crippen LogP contribution is 2.26. The van der Waals surface area contributed by atoms with Crippen molar-refractivity contribution in [3.8, 4) is 5.75 Å². The molecule has 1 aromatic carbocycles. The number of hydrogen-bond donors (Lipinski definition) is 2. The molecule has 5 nitrogen and oxygen atoms in total. The van der Waals surface area contributed by atoms with Crippen LogP contribution in [0.15, 0.2) is 18.2 Å². The summed E-state index contributed by atoms with van der Waals surface area (Å²) >= 11 is 11.7. The number of hydrogen-bond acceptors (Lipinski definition) is 5. The molecule has 8 heteroatoms. The summed E-state index contributed by atoms with van der Waals surface area (Å²) < 4.78 is 28.0. The zero-order chi connectivity index (χ0) is 15.5. The molecular weight excluding hydrogens is 337 g/mol. The molecule has 1 fully saturated rings. The second-order valence-electron chi connectivity index (χ2n) is 5.05. The van der Waals surface area contributed by atoms with Crippen LogP contribution in [0, 0.1) is 0 Å². The van der Waals surface area contributed by atoms with Gasteiger partial charge in [-0.2, -0.15) is 0 Å². The van der Waals surface area contributed by atoms with Crippen LogP contribution in [0.2, 0.25) is 10.0 Å². The molecule has 2 atom stereocenters. The Morgan fingerprint density at radius 1 is 1.38 bits per heavy atom. The highest BCUT2D eigenvalue weighted by Gasteiger charge is 2.27. The molecule has 0 amide bonds. The van der Waals surface area contributed by atoms with Crippen LogP contribution >= 0.6 is 23.2 Å². The van der Waals surface area contributed by atoms with E-state index in [1.807, 2.05) is 0 Å². The van der Waals surface area contributed by atoms with Gasteiger partial charge in [-0.1, -0.05) is 23.2 Å². The van der Waals surface area contributed by atoms with Crippen LogP contribution < -0.4 is 10.1 Å². The highest BCUT2D eigenvalue weighted by molar-refractivity contribution is 7.91. The molecule has 0 saturated carbocycles. The molecule has 0 bridgehead atoms. The van der Waals surface area contributed by atoms with Gasteiger partial charge in [0.1, 0.15) is 18.5 Å². The summed E-state index contributed by atoms with van der Waals surface area (Å²) in [5.74, 6) is 0.861. The van der Waals surface area contributed by atoms with Crippen molar-refractivity contribution in [3.05, 3.63) is 28.2 Å². The zero-order valence-electron chi connectivity index (χ0n) is 11.3. The quantitative estimate of drug-likeness (QED) is 0.810. The van der Waals surface area contributed by atoms with E-state index in [0.29, 0.717) is 22.2 Å². The molecule has 0 aliphatic carbocycles. The second-order valence-corrected chi connectivity index (χ2v) is 8.09. The van der Waals surface area contributed by atoms with E-state index in [1.54, 1.807) is 18.2 Å². The summed E-state index contributed by atoms with van der Waals surface area (Å²) in [5, 5.41) is 13.7. The van der Waals surface area contributed by atoms with Crippen molar-refractivity contribution in [3.63, 3.8) is 0 Å². The van der Waals surface area contributed by atoms with Crippen LogP contribution in [0.1, 0.15) is 6.42 Å². The lowest BCUT2D eigenvalue weighted by Gasteiger charge is -2.16. The van der Waals surface area contributed by atoms with Crippen molar-refractivity contribution in [2.45, 2.75) is 18.6 Å². The Bertz CT molecular complexity index is 594. The lowest BCUT2D eigenvalue weighted by Crippen LogP contribution is -2.38. The number of aliphatic hydroxyl groups excluding tert-OH is 1. The lowest BCUT2D eigenvalue weighted by atomic mass is 10.2. The van der Waals surface area contributed by atoms with Gasteiger partial charge in [0.2, 0.25) is 0 Å². The fourth-order valence-electron chi connectivity index (χ4n) is 2.08. The fourth-order valence-corrected chi connectivity index (χ4v) is 4.07. The Kier molecular flexibility index (Phi) is 5.73. The van der Waals surface area contributed by atoms with E-state index in [-0.39, 0.29) is 30.7 Å². The van der Waals surface area contributed by atoms with Crippen molar-refractivity contribution in [1.29, 1.82) is 0 Å². The third kappa shape index (κ3) is 5.30. The van der Waals surface area contributed by atoms with E-state index in [9.17, 15) is 13.5 Å². The monoisotopic (exact) mass is 353 g/mol. The van der Waals surface area contributed by atoms with Crippen molar-refractivity contribution in [1.82, 2.24) is 5.32 Å². The standard InChI is InChI=1S/C13H17Cl2NO4S/c14-12-2-1-11(5-13(12)15)20-7-10(17)6-16-9-3-4-21(18,19)8-9/h1-2,5,9-10,16-17H,3-4,6-8H2. The third-order valence-corrected chi connectivity index (χ3v) is 5.72. The topological polar surface area (TPSA) is 75.6 Å². The maximum atomic E-state index is 11.3. The van der Waals surface area contributed by atoms with Gasteiger partial charge in [0.15, 0.2) is 9.84 Å². The second kappa shape index (κ2) is 7.15. The predicted molar refractivity (Wildman–Crippen MR) is 83.0 cm³/mol. The van der Waals surface area contributed by atoms with E-state index in [1.165, 1.54) is 0 Å². The molecule has 118 valence electrons. The maximum Gasteiger partial charge on any atom is 0.151 e. The Labute approximate surface area is 134 Å². The van der Waals surface area contributed by atoms with E-state index in [2.05, 4.69) is 5.32 Å². The minimum Gasteiger partial charge on any atom is -0.491 e. The Morgan fingerprint density at radius 3 is 2.76 bits per heavy atom. The summed E-state index contributed by atoms with van der Waals surface area (Å²) in [6.45, 7) is 0.367. The molecule has 21 heavy (non-hydrogen) atoms. The van der Waals surface area contributed by atoms with Crippen LogP contribution in [0.5, 0.6) is 5.75 Å². The maximum absolute atomic E-state index is 11.3. The van der Waals surface area contributed by atoms with Gasteiger partial charge < -0.3 is 15.2 Å². The first-order valence-electron chi connectivity index (χ1n) is 6.55. The van der Waals surface area contributed by atoms with Gasteiger partial charge in [0, 0.05) is 18.7 Å².